The first-order valence-electron chi connectivity index (χ1n) is 13.2. The molecule has 2 N–H and O–H groups in total. The second-order valence-electron chi connectivity index (χ2n) is 10.8. The first-order valence-corrected chi connectivity index (χ1v) is 13.2. The van der Waals surface area contributed by atoms with E-state index >= 15 is 0 Å². The number of anilines is 2. The van der Waals surface area contributed by atoms with Crippen molar-refractivity contribution in [2.75, 3.05) is 19.4 Å². The molecule has 1 saturated carbocycles. The highest BCUT2D eigenvalue weighted by atomic mass is 16.3. The number of carbonyl (C=O) groups is 2. The topological polar surface area (TPSA) is 116 Å². The summed E-state index contributed by atoms with van der Waals surface area (Å²) in [5, 5.41) is 14.0. The summed E-state index contributed by atoms with van der Waals surface area (Å²) >= 11 is 0. The van der Waals surface area contributed by atoms with Crippen molar-refractivity contribution in [3.05, 3.63) is 41.9 Å². The Labute approximate surface area is 215 Å². The molecule has 2 aliphatic heterocycles. The third-order valence-corrected chi connectivity index (χ3v) is 8.08. The van der Waals surface area contributed by atoms with E-state index in [0.717, 1.165) is 49.6 Å². The van der Waals surface area contributed by atoms with Crippen molar-refractivity contribution < 1.29 is 14.7 Å². The van der Waals surface area contributed by atoms with E-state index in [-0.39, 0.29) is 36.0 Å². The molecule has 2 bridgehead atoms. The van der Waals surface area contributed by atoms with Gasteiger partial charge in [0.2, 0.25) is 5.95 Å². The van der Waals surface area contributed by atoms with Crippen LogP contribution in [0.1, 0.15) is 78.3 Å². The molecule has 3 atom stereocenters. The van der Waals surface area contributed by atoms with Gasteiger partial charge < -0.3 is 24.8 Å². The molecule has 0 spiro atoms. The lowest BCUT2D eigenvalue weighted by molar-refractivity contribution is 0.0286. The largest absolute Gasteiger partial charge is 0.393 e. The fourth-order valence-corrected chi connectivity index (χ4v) is 6.33. The Kier molecular flexibility index (Phi) is 6.06. The molecule has 0 aromatic carbocycles. The number of piperidine rings is 1. The number of rotatable bonds is 5. The molecule has 3 fully saturated rings. The van der Waals surface area contributed by atoms with Crippen LogP contribution < -0.4 is 5.32 Å². The summed E-state index contributed by atoms with van der Waals surface area (Å²) in [7, 11) is 3.52. The highest BCUT2D eigenvalue weighted by molar-refractivity contribution is 5.98. The molecule has 0 radical (unpaired) electrons. The van der Waals surface area contributed by atoms with Gasteiger partial charge in [-0.2, -0.15) is 4.98 Å². The number of pyridine rings is 1. The minimum Gasteiger partial charge on any atom is -0.393 e. The number of hydrogen-bond acceptors (Lipinski definition) is 7. The van der Waals surface area contributed by atoms with Gasteiger partial charge >= 0.3 is 0 Å². The normalized spacial score (nSPS) is 23.5. The van der Waals surface area contributed by atoms with E-state index in [9.17, 15) is 14.7 Å². The van der Waals surface area contributed by atoms with Crippen LogP contribution in [0.5, 0.6) is 0 Å². The molecular formula is C27H33N7O3. The van der Waals surface area contributed by atoms with Gasteiger partial charge in [-0.3, -0.25) is 9.59 Å². The summed E-state index contributed by atoms with van der Waals surface area (Å²) in [6.07, 6.45) is 10.6. The third-order valence-electron chi connectivity index (χ3n) is 8.08. The maximum atomic E-state index is 13.2. The smallest absolute Gasteiger partial charge is 0.270 e. The Morgan fingerprint density at radius 2 is 1.73 bits per heavy atom. The summed E-state index contributed by atoms with van der Waals surface area (Å²) < 4.78 is 2.08. The maximum Gasteiger partial charge on any atom is 0.270 e. The number of hydrogen-bond donors (Lipinski definition) is 2. The van der Waals surface area contributed by atoms with Crippen LogP contribution in [0.15, 0.2) is 30.6 Å². The molecule has 2 saturated heterocycles. The van der Waals surface area contributed by atoms with Crippen LogP contribution in [0.4, 0.5) is 11.8 Å². The molecule has 194 valence electrons. The van der Waals surface area contributed by atoms with E-state index in [1.54, 1.807) is 43.5 Å². The fraction of sp³-hybridized carbons (Fsp3) is 0.519. The van der Waals surface area contributed by atoms with Crippen molar-refractivity contribution in [1.82, 2.24) is 29.3 Å². The molecular weight excluding hydrogens is 470 g/mol. The van der Waals surface area contributed by atoms with Crippen molar-refractivity contribution in [3.63, 3.8) is 0 Å². The molecule has 5 heterocycles. The van der Waals surface area contributed by atoms with Crippen molar-refractivity contribution in [2.45, 2.75) is 75.6 Å². The van der Waals surface area contributed by atoms with Crippen LogP contribution in [-0.2, 0) is 0 Å². The van der Waals surface area contributed by atoms with E-state index in [2.05, 4.69) is 19.9 Å². The number of nitrogens with zero attached hydrogens (tertiary/aromatic N) is 6. The Morgan fingerprint density at radius 3 is 2.38 bits per heavy atom. The van der Waals surface area contributed by atoms with Crippen molar-refractivity contribution in [3.8, 4) is 0 Å². The molecule has 37 heavy (non-hydrogen) atoms. The standard InChI is InChI=1S/C27H33N7O3/c1-32(2)26(37)22-11-17-15-29-27(31-24(17)34(22)18-5-3-4-6-18)30-23-10-7-16(14-28-23)25(36)33-19-8-9-20(33)13-21(35)12-19/h7,10-11,14-15,18-21,35H,3-6,8-9,12-13H2,1-2H3,(H,28,29,30,31)/t19-,20+,21-. The SMILES string of the molecule is CN(C)C(=O)c1cc2cnc(Nc3ccc(C(=O)N4[C@@H]5CC[C@H]4C[C@H](O)C5)cn3)nc2n1C1CCCC1. The molecule has 3 aromatic heterocycles. The number of aromatic nitrogens is 4. The van der Waals surface area contributed by atoms with E-state index in [1.165, 1.54) is 0 Å². The first kappa shape index (κ1) is 23.8. The van der Waals surface area contributed by atoms with Gasteiger partial charge in [0.1, 0.15) is 17.2 Å². The average molecular weight is 504 g/mol. The van der Waals surface area contributed by atoms with Crippen molar-refractivity contribution >= 4 is 34.6 Å². The van der Waals surface area contributed by atoms with Gasteiger partial charge in [0.15, 0.2) is 0 Å². The predicted octanol–water partition coefficient (Wildman–Crippen LogP) is 3.51. The van der Waals surface area contributed by atoms with Gasteiger partial charge in [-0.05, 0) is 56.7 Å². The van der Waals surface area contributed by atoms with Gasteiger partial charge in [0, 0.05) is 50.0 Å². The van der Waals surface area contributed by atoms with Gasteiger partial charge in [0.05, 0.1) is 11.7 Å². The van der Waals surface area contributed by atoms with Crippen molar-refractivity contribution in [1.29, 1.82) is 0 Å². The lowest BCUT2D eigenvalue weighted by Gasteiger charge is -2.37. The number of aliphatic hydroxyl groups is 1. The zero-order chi connectivity index (χ0) is 25.7. The molecule has 6 rings (SSSR count). The molecule has 3 aromatic rings. The van der Waals surface area contributed by atoms with Crippen LogP contribution in [0.2, 0.25) is 0 Å². The summed E-state index contributed by atoms with van der Waals surface area (Å²) in [4.78, 5) is 43.3. The zero-order valence-electron chi connectivity index (χ0n) is 21.3. The zero-order valence-corrected chi connectivity index (χ0v) is 21.3. The van der Waals surface area contributed by atoms with E-state index in [1.807, 2.05) is 11.0 Å². The monoisotopic (exact) mass is 503 g/mol. The van der Waals surface area contributed by atoms with Crippen LogP contribution in [0.25, 0.3) is 11.0 Å². The summed E-state index contributed by atoms with van der Waals surface area (Å²) in [6, 6.07) is 5.88. The Balaban J connectivity index is 1.24. The number of carbonyl (C=O) groups excluding carboxylic acids is 2. The quantitative estimate of drug-likeness (QED) is 0.547. The molecule has 0 unspecified atom stereocenters. The van der Waals surface area contributed by atoms with Crippen LogP contribution in [0, 0.1) is 0 Å². The number of amides is 2. The molecule has 10 nitrogen and oxygen atoms in total. The third kappa shape index (κ3) is 4.33. The Hall–Kier alpha value is -3.53. The second kappa shape index (κ2) is 9.41. The highest BCUT2D eigenvalue weighted by Crippen LogP contribution is 2.37. The number of aliphatic hydroxyl groups excluding tert-OH is 1. The average Bonchev–Trinajstić information content (AvgIpc) is 3.60. The molecule has 1 aliphatic carbocycles. The Bertz CT molecular complexity index is 1320. The minimum absolute atomic E-state index is 0.0244. The minimum atomic E-state index is -0.310. The molecule has 10 heteroatoms. The summed E-state index contributed by atoms with van der Waals surface area (Å²) in [5.74, 6) is 0.862. The predicted molar refractivity (Wildman–Crippen MR) is 139 cm³/mol. The second-order valence-corrected chi connectivity index (χ2v) is 10.8. The maximum absolute atomic E-state index is 13.2. The summed E-state index contributed by atoms with van der Waals surface area (Å²) in [6.45, 7) is 0. The van der Waals surface area contributed by atoms with Gasteiger partial charge in [-0.15, -0.1) is 0 Å². The van der Waals surface area contributed by atoms with E-state index in [4.69, 9.17) is 4.98 Å². The van der Waals surface area contributed by atoms with Crippen LogP contribution in [-0.4, -0.2) is 78.5 Å². The molecule has 3 aliphatic rings. The van der Waals surface area contributed by atoms with Crippen LogP contribution >= 0.6 is 0 Å². The number of nitrogens with one attached hydrogen (secondary N) is 1. The van der Waals surface area contributed by atoms with Crippen molar-refractivity contribution in [2.24, 2.45) is 0 Å². The van der Waals surface area contributed by atoms with E-state index < -0.39 is 0 Å². The Morgan fingerprint density at radius 1 is 1.00 bits per heavy atom. The fourth-order valence-electron chi connectivity index (χ4n) is 6.33. The van der Waals surface area contributed by atoms with E-state index in [0.29, 0.717) is 35.9 Å². The van der Waals surface area contributed by atoms with Gasteiger partial charge in [-0.1, -0.05) is 12.8 Å². The first-order chi connectivity index (χ1) is 17.9. The lowest BCUT2D eigenvalue weighted by Crippen LogP contribution is -2.48. The molecule has 2 amide bonds. The number of fused-ring (bicyclic) bond motifs is 3. The summed E-state index contributed by atoms with van der Waals surface area (Å²) in [5.41, 5.74) is 1.92. The highest BCUT2D eigenvalue weighted by Gasteiger charge is 2.43. The van der Waals surface area contributed by atoms with Crippen LogP contribution in [0.3, 0.4) is 0 Å². The van der Waals surface area contributed by atoms with Gasteiger partial charge in [-0.25, -0.2) is 9.97 Å². The van der Waals surface area contributed by atoms with Gasteiger partial charge in [0.25, 0.3) is 11.8 Å². The lowest BCUT2D eigenvalue weighted by atomic mass is 9.99.